The predicted molar refractivity (Wildman–Crippen MR) is 99.4 cm³/mol. The third-order valence-corrected chi connectivity index (χ3v) is 3.27. The molecule has 0 saturated heterocycles. The fourth-order valence-electron chi connectivity index (χ4n) is 1.92. The van der Waals surface area contributed by atoms with E-state index in [1.54, 1.807) is 21.3 Å². The van der Waals surface area contributed by atoms with Crippen LogP contribution >= 0.6 is 0 Å². The van der Waals surface area contributed by atoms with Crippen LogP contribution in [-0.4, -0.2) is 39.3 Å². The highest BCUT2D eigenvalue weighted by Crippen LogP contribution is 2.25. The van der Waals surface area contributed by atoms with Gasteiger partial charge in [-0.25, -0.2) is 15.4 Å². The van der Waals surface area contributed by atoms with Crippen molar-refractivity contribution in [2.45, 2.75) is 33.2 Å². The third kappa shape index (κ3) is 6.37. The predicted octanol–water partition coefficient (Wildman–Crippen LogP) is 2.57. The lowest BCUT2D eigenvalue weighted by atomic mass is 10.2. The molecule has 2 N–H and O–H groups in total. The summed E-state index contributed by atoms with van der Waals surface area (Å²) in [7, 11) is 5.06. The van der Waals surface area contributed by atoms with Gasteiger partial charge in [0.1, 0.15) is 29.5 Å². The highest BCUT2D eigenvalue weighted by molar-refractivity contribution is 5.94. The molecule has 0 spiro atoms. The molecule has 0 bridgehead atoms. The maximum atomic E-state index is 5.38. The molecular weight excluding hydrogens is 306 g/mol. The number of hydrogen-bond acceptors (Lipinski definition) is 4. The van der Waals surface area contributed by atoms with Gasteiger partial charge in [0.25, 0.3) is 0 Å². The summed E-state index contributed by atoms with van der Waals surface area (Å²) in [4.78, 5) is 13.1. The molecule has 0 radical (unpaired) electrons. The smallest absolute Gasteiger partial charge is 0.127 e. The molecule has 0 aliphatic heterocycles. The Bertz CT molecular complexity index is 597. The second-order valence-electron chi connectivity index (χ2n) is 4.81. The summed E-state index contributed by atoms with van der Waals surface area (Å²) >= 11 is 0. The molecule has 0 aromatic heterocycles. The lowest BCUT2D eigenvalue weighted by molar-refractivity contribution is 0.391. The number of nitrogens with one attached hydrogen (secondary N) is 2. The molecule has 24 heavy (non-hydrogen) atoms. The minimum absolute atomic E-state index is 0.493. The van der Waals surface area contributed by atoms with Crippen LogP contribution in [0.4, 0.5) is 0 Å². The van der Waals surface area contributed by atoms with Gasteiger partial charge in [0, 0.05) is 31.5 Å². The van der Waals surface area contributed by atoms with Crippen LogP contribution in [0, 0.1) is 0 Å². The van der Waals surface area contributed by atoms with Gasteiger partial charge in [-0.1, -0.05) is 13.8 Å². The molecular formula is C17H27N5O2. The van der Waals surface area contributed by atoms with E-state index in [4.69, 9.17) is 9.47 Å². The van der Waals surface area contributed by atoms with Crippen molar-refractivity contribution in [3.05, 3.63) is 23.8 Å². The van der Waals surface area contributed by atoms with E-state index in [-0.39, 0.29) is 0 Å². The topological polar surface area (TPSA) is 79.6 Å². The summed E-state index contributed by atoms with van der Waals surface area (Å²) in [5, 5.41) is 0. The lowest BCUT2D eigenvalue weighted by Crippen LogP contribution is -2.33. The average Bonchev–Trinajstić information content (AvgIpc) is 2.63. The Hall–Kier alpha value is -2.41. The normalized spacial score (nSPS) is 12.5. The van der Waals surface area contributed by atoms with Crippen molar-refractivity contribution >= 4 is 18.0 Å². The standard InChI is InChI=1S/C17H27N5O2/c1-6-16(20-12-21-17(7-2)22-18-3)19-11-13-8-9-14(23-4)10-15(13)24-5/h8-10,12,18H,6-7,11H2,1-5H3,(H,19,20,21,22). The lowest BCUT2D eigenvalue weighted by Gasteiger charge is -2.08. The first-order valence-electron chi connectivity index (χ1n) is 7.94. The number of hydrazine groups is 1. The summed E-state index contributed by atoms with van der Waals surface area (Å²) in [6.07, 6.45) is 3.04. The molecule has 0 unspecified atom stereocenters. The SMILES string of the molecule is CCC(N=CN=C(CC)NNC)=NCc1ccc(OC)cc1OC. The first-order valence-corrected chi connectivity index (χ1v) is 7.94. The zero-order valence-corrected chi connectivity index (χ0v) is 15.1. The number of ether oxygens (including phenoxy) is 2. The van der Waals surface area contributed by atoms with Gasteiger partial charge in [-0.3, -0.25) is 4.99 Å². The van der Waals surface area contributed by atoms with Crippen LogP contribution in [0.5, 0.6) is 11.5 Å². The molecule has 132 valence electrons. The van der Waals surface area contributed by atoms with Crippen LogP contribution in [0.3, 0.4) is 0 Å². The minimum Gasteiger partial charge on any atom is -0.497 e. The van der Waals surface area contributed by atoms with Crippen molar-refractivity contribution in [3.63, 3.8) is 0 Å². The zero-order valence-electron chi connectivity index (χ0n) is 15.1. The van der Waals surface area contributed by atoms with Gasteiger partial charge in [-0.15, -0.1) is 0 Å². The number of hydrogen-bond donors (Lipinski definition) is 2. The fourth-order valence-corrected chi connectivity index (χ4v) is 1.92. The van der Waals surface area contributed by atoms with E-state index in [1.807, 2.05) is 32.0 Å². The zero-order chi connectivity index (χ0) is 17.8. The molecule has 7 nitrogen and oxygen atoms in total. The average molecular weight is 333 g/mol. The molecule has 1 aromatic rings. The van der Waals surface area contributed by atoms with Crippen molar-refractivity contribution < 1.29 is 9.47 Å². The van der Waals surface area contributed by atoms with Crippen molar-refractivity contribution in [3.8, 4) is 11.5 Å². The van der Waals surface area contributed by atoms with Crippen molar-refractivity contribution in [2.75, 3.05) is 21.3 Å². The maximum absolute atomic E-state index is 5.38. The minimum atomic E-state index is 0.493. The Morgan fingerprint density at radius 1 is 1.17 bits per heavy atom. The highest BCUT2D eigenvalue weighted by Gasteiger charge is 2.04. The largest absolute Gasteiger partial charge is 0.497 e. The van der Waals surface area contributed by atoms with E-state index in [1.165, 1.54) is 6.34 Å². The monoisotopic (exact) mass is 333 g/mol. The van der Waals surface area contributed by atoms with Gasteiger partial charge in [0.05, 0.1) is 20.8 Å². The highest BCUT2D eigenvalue weighted by atomic mass is 16.5. The van der Waals surface area contributed by atoms with Crippen LogP contribution in [0.2, 0.25) is 0 Å². The second-order valence-corrected chi connectivity index (χ2v) is 4.81. The molecule has 0 amide bonds. The quantitative estimate of drug-likeness (QED) is 0.435. The Labute approximate surface area is 143 Å². The Kier molecular flexibility index (Phi) is 9.14. The van der Waals surface area contributed by atoms with Crippen molar-refractivity contribution in [1.82, 2.24) is 10.9 Å². The van der Waals surface area contributed by atoms with E-state index in [0.29, 0.717) is 6.54 Å². The summed E-state index contributed by atoms with van der Waals surface area (Å²) in [5.41, 5.74) is 6.77. The van der Waals surface area contributed by atoms with Crippen LogP contribution in [0.1, 0.15) is 32.3 Å². The van der Waals surface area contributed by atoms with Gasteiger partial charge in [0.2, 0.25) is 0 Å². The molecule has 1 rings (SSSR count). The number of aliphatic imine (C=N–C) groups is 3. The van der Waals surface area contributed by atoms with E-state index in [0.717, 1.165) is 41.6 Å². The summed E-state index contributed by atoms with van der Waals surface area (Å²) in [5.74, 6) is 3.05. The van der Waals surface area contributed by atoms with Crippen molar-refractivity contribution in [2.24, 2.45) is 15.0 Å². The number of benzene rings is 1. The summed E-state index contributed by atoms with van der Waals surface area (Å²) in [6, 6.07) is 5.69. The summed E-state index contributed by atoms with van der Waals surface area (Å²) in [6.45, 7) is 4.52. The van der Waals surface area contributed by atoms with Crippen LogP contribution in [0.15, 0.2) is 33.2 Å². The van der Waals surface area contributed by atoms with Crippen LogP contribution in [0.25, 0.3) is 0 Å². The number of amidine groups is 2. The molecule has 0 saturated carbocycles. The Morgan fingerprint density at radius 3 is 2.54 bits per heavy atom. The number of nitrogens with zero attached hydrogens (tertiary/aromatic N) is 3. The van der Waals surface area contributed by atoms with Gasteiger partial charge in [-0.05, 0) is 12.1 Å². The molecule has 7 heteroatoms. The Morgan fingerprint density at radius 2 is 1.96 bits per heavy atom. The van der Waals surface area contributed by atoms with E-state index in [2.05, 4.69) is 25.8 Å². The maximum Gasteiger partial charge on any atom is 0.127 e. The molecule has 1 aromatic carbocycles. The van der Waals surface area contributed by atoms with Crippen LogP contribution < -0.4 is 20.3 Å². The van der Waals surface area contributed by atoms with Gasteiger partial charge >= 0.3 is 0 Å². The summed E-state index contributed by atoms with van der Waals surface area (Å²) < 4.78 is 10.6. The molecule has 0 aliphatic rings. The Balaban J connectivity index is 2.82. The molecule has 0 atom stereocenters. The first kappa shape index (κ1) is 19.6. The van der Waals surface area contributed by atoms with E-state index < -0.39 is 0 Å². The molecule has 0 fully saturated rings. The van der Waals surface area contributed by atoms with Gasteiger partial charge in [0.15, 0.2) is 0 Å². The second kappa shape index (κ2) is 11.2. The molecule has 0 aliphatic carbocycles. The third-order valence-electron chi connectivity index (χ3n) is 3.27. The number of rotatable bonds is 8. The van der Waals surface area contributed by atoms with E-state index >= 15 is 0 Å². The van der Waals surface area contributed by atoms with Gasteiger partial charge < -0.3 is 14.9 Å². The molecule has 0 heterocycles. The van der Waals surface area contributed by atoms with Crippen LogP contribution in [-0.2, 0) is 6.54 Å². The fraction of sp³-hybridized carbons (Fsp3) is 0.471. The van der Waals surface area contributed by atoms with Gasteiger partial charge in [-0.2, -0.15) is 0 Å². The number of methoxy groups -OCH3 is 2. The van der Waals surface area contributed by atoms with E-state index in [9.17, 15) is 0 Å². The first-order chi connectivity index (χ1) is 11.7. The van der Waals surface area contributed by atoms with Crippen molar-refractivity contribution in [1.29, 1.82) is 0 Å².